The molecule has 1 rings (SSSR count). The first-order valence-electron chi connectivity index (χ1n) is 5.25. The molecular formula is C10H12F6O3. The van der Waals surface area contributed by atoms with Gasteiger partial charge in [0.1, 0.15) is 0 Å². The Bertz CT molecular complexity index is 370. The molecule has 0 aromatic carbocycles. The van der Waals surface area contributed by atoms with Gasteiger partial charge >= 0.3 is 18.3 Å². The standard InChI is InChI=1S/C10H12F6O3/c1-7(2)4(5(7)6(17)18)3-8(19,9(11,12)13)10(14,15)16/h4-5,19H,3H2,1-2H3,(H,17,18)/t4-,5+/m1/s1. The molecule has 1 aliphatic rings. The van der Waals surface area contributed by atoms with Crippen LogP contribution in [-0.2, 0) is 4.79 Å². The monoisotopic (exact) mass is 294 g/mol. The van der Waals surface area contributed by atoms with Crippen molar-refractivity contribution in [1.29, 1.82) is 0 Å². The zero-order valence-electron chi connectivity index (χ0n) is 9.93. The van der Waals surface area contributed by atoms with E-state index < -0.39 is 47.6 Å². The third kappa shape index (κ3) is 2.39. The van der Waals surface area contributed by atoms with E-state index in [0.717, 1.165) is 0 Å². The minimum absolute atomic E-state index is 1.21. The summed E-state index contributed by atoms with van der Waals surface area (Å²) in [6.45, 7) is 2.51. The first-order valence-corrected chi connectivity index (χ1v) is 5.25. The summed E-state index contributed by atoms with van der Waals surface area (Å²) < 4.78 is 74.7. The Morgan fingerprint density at radius 2 is 1.47 bits per heavy atom. The molecule has 0 unspecified atom stereocenters. The zero-order chi connectivity index (χ0) is 15.4. The van der Waals surface area contributed by atoms with Gasteiger partial charge in [0.05, 0.1) is 5.92 Å². The van der Waals surface area contributed by atoms with Crippen LogP contribution in [0, 0.1) is 17.3 Å². The van der Waals surface area contributed by atoms with Gasteiger partial charge in [0.25, 0.3) is 5.60 Å². The second kappa shape index (κ2) is 4.00. The highest BCUT2D eigenvalue weighted by atomic mass is 19.4. The SMILES string of the molecule is CC1(C)[C@H](CC(O)(C(F)(F)F)C(F)(F)F)[C@H]1C(=O)O. The third-order valence-corrected chi connectivity index (χ3v) is 3.77. The molecule has 0 spiro atoms. The van der Waals surface area contributed by atoms with Gasteiger partial charge in [0, 0.05) is 0 Å². The largest absolute Gasteiger partial charge is 0.481 e. The number of aliphatic carboxylic acids is 1. The van der Waals surface area contributed by atoms with E-state index >= 15 is 0 Å². The summed E-state index contributed by atoms with van der Waals surface area (Å²) in [5.41, 5.74) is -6.09. The summed E-state index contributed by atoms with van der Waals surface area (Å²) in [5, 5.41) is 17.7. The van der Waals surface area contributed by atoms with E-state index in [9.17, 15) is 31.1 Å². The molecule has 3 nitrogen and oxygen atoms in total. The number of rotatable bonds is 3. The van der Waals surface area contributed by atoms with E-state index in [4.69, 9.17) is 10.2 Å². The highest BCUT2D eigenvalue weighted by Gasteiger charge is 2.75. The lowest BCUT2D eigenvalue weighted by Gasteiger charge is -2.32. The van der Waals surface area contributed by atoms with Gasteiger partial charge in [-0.05, 0) is 17.8 Å². The van der Waals surface area contributed by atoms with Gasteiger partial charge in [-0.1, -0.05) is 13.8 Å². The number of hydrogen-bond donors (Lipinski definition) is 2. The molecule has 2 N–H and O–H groups in total. The smallest absolute Gasteiger partial charge is 0.426 e. The summed E-state index contributed by atoms with van der Waals surface area (Å²) in [5.74, 6) is -4.19. The second-order valence-corrected chi connectivity index (χ2v) is 5.30. The molecule has 0 aliphatic heterocycles. The molecule has 1 fully saturated rings. The van der Waals surface area contributed by atoms with Crippen molar-refractivity contribution in [3.8, 4) is 0 Å². The molecule has 2 atom stereocenters. The Hall–Kier alpha value is -0.990. The average Bonchev–Trinajstić information content (AvgIpc) is 2.63. The fraction of sp³-hybridized carbons (Fsp3) is 0.900. The number of carbonyl (C=O) groups is 1. The van der Waals surface area contributed by atoms with Crippen molar-refractivity contribution >= 4 is 5.97 Å². The molecule has 9 heteroatoms. The van der Waals surface area contributed by atoms with Crippen LogP contribution in [0.5, 0.6) is 0 Å². The quantitative estimate of drug-likeness (QED) is 0.787. The molecule has 0 saturated heterocycles. The van der Waals surface area contributed by atoms with E-state index in [2.05, 4.69) is 0 Å². The number of carboxylic acids is 1. The normalized spacial score (nSPS) is 27.2. The fourth-order valence-electron chi connectivity index (χ4n) is 2.33. The Morgan fingerprint density at radius 3 is 1.68 bits per heavy atom. The Balaban J connectivity index is 3.04. The lowest BCUT2D eigenvalue weighted by atomic mass is 9.92. The molecular weight excluding hydrogens is 282 g/mol. The summed E-state index contributed by atoms with van der Waals surface area (Å²) >= 11 is 0. The van der Waals surface area contributed by atoms with Crippen LogP contribution in [0.25, 0.3) is 0 Å². The van der Waals surface area contributed by atoms with Gasteiger partial charge < -0.3 is 10.2 Å². The van der Waals surface area contributed by atoms with Crippen molar-refractivity contribution in [1.82, 2.24) is 0 Å². The number of hydrogen-bond acceptors (Lipinski definition) is 2. The summed E-state index contributed by atoms with van der Waals surface area (Å²) in [4.78, 5) is 10.7. The highest BCUT2D eigenvalue weighted by molar-refractivity contribution is 5.75. The summed E-state index contributed by atoms with van der Waals surface area (Å²) in [6, 6.07) is 0. The number of halogens is 6. The lowest BCUT2D eigenvalue weighted by molar-refractivity contribution is -0.371. The molecule has 112 valence electrons. The number of carboxylic acid groups (broad SMARTS) is 1. The Morgan fingerprint density at radius 1 is 1.11 bits per heavy atom. The first-order chi connectivity index (χ1) is 8.16. The van der Waals surface area contributed by atoms with E-state index in [1.54, 1.807) is 0 Å². The topological polar surface area (TPSA) is 57.5 Å². The molecule has 0 amide bonds. The Kier molecular flexibility index (Phi) is 3.38. The number of alkyl halides is 6. The van der Waals surface area contributed by atoms with Crippen molar-refractivity contribution in [3.63, 3.8) is 0 Å². The molecule has 19 heavy (non-hydrogen) atoms. The van der Waals surface area contributed by atoms with E-state index in [0.29, 0.717) is 0 Å². The molecule has 1 saturated carbocycles. The molecule has 1 aliphatic carbocycles. The molecule has 0 radical (unpaired) electrons. The maximum Gasteiger partial charge on any atom is 0.426 e. The molecule has 0 heterocycles. The van der Waals surface area contributed by atoms with E-state index in [1.807, 2.05) is 0 Å². The maximum atomic E-state index is 12.5. The maximum absolute atomic E-state index is 12.5. The van der Waals surface area contributed by atoms with Gasteiger partial charge in [0.15, 0.2) is 0 Å². The second-order valence-electron chi connectivity index (χ2n) is 5.30. The van der Waals surface area contributed by atoms with Crippen LogP contribution in [0.2, 0.25) is 0 Å². The van der Waals surface area contributed by atoms with Gasteiger partial charge in [0.2, 0.25) is 0 Å². The first kappa shape index (κ1) is 16.1. The van der Waals surface area contributed by atoms with Crippen LogP contribution in [0.4, 0.5) is 26.3 Å². The summed E-state index contributed by atoms with van der Waals surface area (Å²) in [7, 11) is 0. The molecule has 0 bridgehead atoms. The van der Waals surface area contributed by atoms with Crippen molar-refractivity contribution in [2.75, 3.05) is 0 Å². The zero-order valence-corrected chi connectivity index (χ0v) is 9.93. The van der Waals surface area contributed by atoms with Crippen LogP contribution in [-0.4, -0.2) is 34.1 Å². The van der Waals surface area contributed by atoms with Crippen LogP contribution in [0.1, 0.15) is 20.3 Å². The van der Waals surface area contributed by atoms with Gasteiger partial charge in [-0.15, -0.1) is 0 Å². The third-order valence-electron chi connectivity index (χ3n) is 3.77. The lowest BCUT2D eigenvalue weighted by Crippen LogP contribution is -2.57. The van der Waals surface area contributed by atoms with Crippen LogP contribution in [0.15, 0.2) is 0 Å². The Labute approximate surface area is 104 Å². The van der Waals surface area contributed by atoms with Crippen molar-refractivity contribution < 1.29 is 41.4 Å². The van der Waals surface area contributed by atoms with Crippen LogP contribution < -0.4 is 0 Å². The minimum atomic E-state index is -5.91. The fourth-order valence-corrected chi connectivity index (χ4v) is 2.33. The average molecular weight is 294 g/mol. The van der Waals surface area contributed by atoms with E-state index in [1.165, 1.54) is 13.8 Å². The van der Waals surface area contributed by atoms with Crippen molar-refractivity contribution in [2.24, 2.45) is 17.3 Å². The van der Waals surface area contributed by atoms with Gasteiger partial charge in [-0.25, -0.2) is 0 Å². The van der Waals surface area contributed by atoms with Crippen LogP contribution in [0.3, 0.4) is 0 Å². The minimum Gasteiger partial charge on any atom is -0.481 e. The molecule has 0 aromatic rings. The molecule has 0 aromatic heterocycles. The van der Waals surface area contributed by atoms with Gasteiger partial charge in [-0.2, -0.15) is 26.3 Å². The van der Waals surface area contributed by atoms with Crippen molar-refractivity contribution in [3.05, 3.63) is 0 Å². The van der Waals surface area contributed by atoms with Crippen LogP contribution >= 0.6 is 0 Å². The van der Waals surface area contributed by atoms with E-state index in [-0.39, 0.29) is 0 Å². The number of aliphatic hydroxyl groups is 1. The predicted octanol–water partition coefficient (Wildman–Crippen LogP) is 2.59. The predicted molar refractivity (Wildman–Crippen MR) is 50.1 cm³/mol. The highest BCUT2D eigenvalue weighted by Crippen LogP contribution is 2.63. The van der Waals surface area contributed by atoms with Crippen molar-refractivity contribution in [2.45, 2.75) is 38.2 Å². The summed E-state index contributed by atoms with van der Waals surface area (Å²) in [6.07, 6.45) is -13.5. The van der Waals surface area contributed by atoms with Gasteiger partial charge in [-0.3, -0.25) is 4.79 Å².